The van der Waals surface area contributed by atoms with Crippen LogP contribution in [0.25, 0.3) is 11.0 Å². The van der Waals surface area contributed by atoms with E-state index in [9.17, 15) is 9.90 Å². The van der Waals surface area contributed by atoms with Crippen molar-refractivity contribution in [2.24, 2.45) is 4.99 Å². The van der Waals surface area contributed by atoms with Crippen LogP contribution in [0.2, 0.25) is 0 Å². The van der Waals surface area contributed by atoms with Gasteiger partial charge < -0.3 is 30.2 Å². The Morgan fingerprint density at radius 2 is 1.97 bits per heavy atom. The van der Waals surface area contributed by atoms with Gasteiger partial charge in [-0.15, -0.1) is 0 Å². The van der Waals surface area contributed by atoms with Gasteiger partial charge in [-0.1, -0.05) is 6.07 Å². The number of amides is 1. The van der Waals surface area contributed by atoms with Crippen molar-refractivity contribution in [3.63, 3.8) is 0 Å². The molecule has 4 rings (SSSR count). The maximum atomic E-state index is 12.8. The van der Waals surface area contributed by atoms with Gasteiger partial charge in [-0.2, -0.15) is 0 Å². The van der Waals surface area contributed by atoms with E-state index in [1.54, 1.807) is 11.1 Å². The zero-order chi connectivity index (χ0) is 25.4. The Kier molecular flexibility index (Phi) is 8.98. The summed E-state index contributed by atoms with van der Waals surface area (Å²) < 4.78 is 5.89. The van der Waals surface area contributed by atoms with Crippen molar-refractivity contribution in [3.8, 4) is 11.6 Å². The molecule has 0 aliphatic carbocycles. The number of nitrogens with one attached hydrogen (secondary N) is 2. The third-order valence-corrected chi connectivity index (χ3v) is 5.84. The van der Waals surface area contributed by atoms with Crippen LogP contribution < -0.4 is 10.1 Å². The number of ether oxygens (including phenoxy) is 1. The molecule has 1 aliphatic heterocycles. The topological polar surface area (TPSA) is 139 Å². The number of aliphatic hydroxyl groups excluding tert-OH is 1. The summed E-state index contributed by atoms with van der Waals surface area (Å²) in [5.41, 5.74) is 1.70. The Bertz CT molecular complexity index is 1160. The lowest BCUT2D eigenvalue weighted by atomic mass is 10.2. The summed E-state index contributed by atoms with van der Waals surface area (Å²) in [5.74, 6) is 1.31. The van der Waals surface area contributed by atoms with E-state index in [2.05, 4.69) is 25.3 Å². The van der Waals surface area contributed by atoms with Gasteiger partial charge in [-0.3, -0.25) is 14.7 Å². The van der Waals surface area contributed by atoms with Gasteiger partial charge in [-0.25, -0.2) is 9.97 Å². The number of benzene rings is 1. The molecule has 1 atom stereocenters. The fourth-order valence-electron chi connectivity index (χ4n) is 3.73. The van der Waals surface area contributed by atoms with Gasteiger partial charge in [0.05, 0.1) is 22.7 Å². The largest absolute Gasteiger partial charge is 0.494 e. The lowest BCUT2D eigenvalue weighted by Crippen LogP contribution is -2.45. The molecule has 0 saturated heterocycles. The van der Waals surface area contributed by atoms with Gasteiger partial charge in [0.15, 0.2) is 5.88 Å². The number of anilines is 1. The number of fused-ring (bicyclic) bond motifs is 2. The SMILES string of the molecule is CC1C(=O)N(C)CCCNc2ncnc3[nH]c(O)c(c23)C=Nc2cccc(c2)OCCN1C.CO. The summed E-state index contributed by atoms with van der Waals surface area (Å²) in [4.78, 5) is 32.5. The molecule has 2 aromatic heterocycles. The molecule has 1 aliphatic rings. The second kappa shape index (κ2) is 12.1. The summed E-state index contributed by atoms with van der Waals surface area (Å²) in [7, 11) is 4.74. The minimum atomic E-state index is -0.253. The molecule has 1 aromatic carbocycles. The number of aliphatic imine (C=N–C) groups is 1. The molecule has 3 aromatic rings. The molecule has 11 nitrogen and oxygen atoms in total. The first-order valence-corrected chi connectivity index (χ1v) is 11.4. The van der Waals surface area contributed by atoms with Crippen LogP contribution in [-0.2, 0) is 4.79 Å². The maximum absolute atomic E-state index is 12.8. The molecule has 0 spiro atoms. The number of H-pyrrole nitrogens is 1. The van der Waals surface area contributed by atoms with Crippen LogP contribution in [0.5, 0.6) is 11.6 Å². The fraction of sp³-hybridized carbons (Fsp3) is 0.417. The quantitative estimate of drug-likeness (QED) is 0.381. The molecule has 1 amide bonds. The number of carbonyl (C=O) groups is 1. The molecule has 1 unspecified atom stereocenters. The third kappa shape index (κ3) is 6.25. The zero-order valence-electron chi connectivity index (χ0n) is 20.5. The van der Waals surface area contributed by atoms with Crippen LogP contribution >= 0.6 is 0 Å². The highest BCUT2D eigenvalue weighted by Crippen LogP contribution is 2.30. The maximum Gasteiger partial charge on any atom is 0.239 e. The Hall–Kier alpha value is -3.70. The van der Waals surface area contributed by atoms with Gasteiger partial charge in [0.1, 0.15) is 30.1 Å². The average Bonchev–Trinajstić information content (AvgIpc) is 3.20. The van der Waals surface area contributed by atoms with Gasteiger partial charge in [0.2, 0.25) is 5.91 Å². The Morgan fingerprint density at radius 1 is 1.17 bits per heavy atom. The second-order valence-corrected chi connectivity index (χ2v) is 8.13. The molecule has 188 valence electrons. The van der Waals surface area contributed by atoms with Crippen LogP contribution in [0.4, 0.5) is 11.5 Å². The number of hydrogen-bond acceptors (Lipinski definition) is 9. The van der Waals surface area contributed by atoms with Crippen molar-refractivity contribution in [2.75, 3.05) is 52.8 Å². The van der Waals surface area contributed by atoms with Crippen LogP contribution in [0.3, 0.4) is 0 Å². The minimum Gasteiger partial charge on any atom is -0.494 e. The molecule has 2 bridgehead atoms. The lowest BCUT2D eigenvalue weighted by Gasteiger charge is -2.28. The van der Waals surface area contributed by atoms with Crippen molar-refractivity contribution in [1.82, 2.24) is 24.8 Å². The zero-order valence-corrected chi connectivity index (χ0v) is 20.5. The Morgan fingerprint density at radius 3 is 2.77 bits per heavy atom. The number of aromatic nitrogens is 3. The van der Waals surface area contributed by atoms with Gasteiger partial charge in [0, 0.05) is 46.1 Å². The standard InChI is InChI=1S/C23H29N7O3.CH4O/c1-15-23(32)30(3)9-5-8-24-20-19-18(22(31)28-21(19)27-14-26-20)13-25-16-6-4-7-17(12-16)33-11-10-29(15)2;1-2/h4,6-7,12-15,31H,5,8-11H2,1-3H3,(H2,24,26,27,28);2H,1H3. The predicted octanol–water partition coefficient (Wildman–Crippen LogP) is 2.00. The monoisotopic (exact) mass is 483 g/mol. The van der Waals surface area contributed by atoms with E-state index >= 15 is 0 Å². The van der Waals surface area contributed by atoms with E-state index in [0.717, 1.165) is 13.5 Å². The average molecular weight is 484 g/mol. The van der Waals surface area contributed by atoms with Gasteiger partial charge in [-0.05, 0) is 32.5 Å². The molecular formula is C24H33N7O4. The number of nitrogens with zero attached hydrogens (tertiary/aromatic N) is 5. The highest BCUT2D eigenvalue weighted by Gasteiger charge is 2.21. The van der Waals surface area contributed by atoms with Crippen molar-refractivity contribution >= 4 is 34.7 Å². The van der Waals surface area contributed by atoms with E-state index in [-0.39, 0.29) is 17.8 Å². The number of rotatable bonds is 0. The van der Waals surface area contributed by atoms with Crippen molar-refractivity contribution in [3.05, 3.63) is 36.2 Å². The number of carbonyl (C=O) groups excluding carboxylic acids is 1. The first-order chi connectivity index (χ1) is 16.9. The Balaban J connectivity index is 0.00000167. The highest BCUT2D eigenvalue weighted by molar-refractivity contribution is 6.06. The third-order valence-electron chi connectivity index (χ3n) is 5.84. The van der Waals surface area contributed by atoms with Crippen LogP contribution in [0.15, 0.2) is 35.6 Å². The summed E-state index contributed by atoms with van der Waals surface area (Å²) in [5, 5.41) is 21.4. The Labute approximate surface area is 204 Å². The van der Waals surface area contributed by atoms with E-state index < -0.39 is 0 Å². The molecule has 3 heterocycles. The molecule has 0 fully saturated rings. The van der Waals surface area contributed by atoms with E-state index in [4.69, 9.17) is 9.84 Å². The van der Waals surface area contributed by atoms with E-state index in [0.29, 0.717) is 60.1 Å². The normalized spacial score (nSPS) is 17.9. The number of likely N-dealkylation sites (N-methyl/N-ethyl adjacent to an activating group) is 2. The van der Waals surface area contributed by atoms with Crippen molar-refractivity contribution in [2.45, 2.75) is 19.4 Å². The van der Waals surface area contributed by atoms with Gasteiger partial charge >= 0.3 is 0 Å². The van der Waals surface area contributed by atoms with Crippen LogP contribution in [0.1, 0.15) is 18.9 Å². The minimum absolute atomic E-state index is 0.0297. The van der Waals surface area contributed by atoms with E-state index in [1.165, 1.54) is 6.33 Å². The van der Waals surface area contributed by atoms with Crippen molar-refractivity contribution < 1.29 is 19.7 Å². The van der Waals surface area contributed by atoms with Crippen LogP contribution in [-0.4, -0.2) is 101 Å². The molecule has 0 saturated carbocycles. The fourth-order valence-corrected chi connectivity index (χ4v) is 3.73. The smallest absolute Gasteiger partial charge is 0.239 e. The molecule has 4 N–H and O–H groups in total. The number of hydrogen-bond donors (Lipinski definition) is 4. The van der Waals surface area contributed by atoms with E-state index in [1.807, 2.05) is 50.2 Å². The molecular weight excluding hydrogens is 450 g/mol. The molecule has 35 heavy (non-hydrogen) atoms. The summed E-state index contributed by atoms with van der Waals surface area (Å²) in [6, 6.07) is 7.16. The van der Waals surface area contributed by atoms with Crippen molar-refractivity contribution in [1.29, 1.82) is 0 Å². The summed E-state index contributed by atoms with van der Waals surface area (Å²) >= 11 is 0. The first kappa shape index (κ1) is 25.9. The summed E-state index contributed by atoms with van der Waals surface area (Å²) in [6.45, 7) is 4.17. The molecule has 11 heteroatoms. The number of aromatic hydroxyl groups is 1. The number of aliphatic hydroxyl groups is 1. The highest BCUT2D eigenvalue weighted by atomic mass is 16.5. The molecule has 0 radical (unpaired) electrons. The lowest BCUT2D eigenvalue weighted by molar-refractivity contribution is -0.134. The van der Waals surface area contributed by atoms with Crippen LogP contribution in [0, 0.1) is 0 Å². The first-order valence-electron chi connectivity index (χ1n) is 11.4. The number of aromatic amines is 1. The van der Waals surface area contributed by atoms with Gasteiger partial charge in [0.25, 0.3) is 0 Å². The summed E-state index contributed by atoms with van der Waals surface area (Å²) in [6.07, 6.45) is 3.77. The second-order valence-electron chi connectivity index (χ2n) is 8.13. The predicted molar refractivity (Wildman–Crippen MR) is 136 cm³/mol.